The second kappa shape index (κ2) is 6.21. The standard InChI is InChI=1S/C13H13ClN2O3/c1-7(8(2)13(18)19)12(17)16-11-4-3-9(6-15)5-10(11)14/h3-5,7-8H,1-2H3,(H,16,17)(H,18,19). The number of nitriles is 1. The fourth-order valence-corrected chi connectivity index (χ4v) is 1.60. The van der Waals surface area contributed by atoms with Gasteiger partial charge in [-0.15, -0.1) is 0 Å². The van der Waals surface area contributed by atoms with Gasteiger partial charge >= 0.3 is 5.97 Å². The number of aliphatic carboxylic acids is 1. The SMILES string of the molecule is CC(C(=O)O)C(C)C(=O)Nc1ccc(C#N)cc1Cl. The molecule has 1 aromatic rings. The zero-order valence-corrected chi connectivity index (χ0v) is 11.2. The maximum atomic E-state index is 11.9. The first-order valence-electron chi connectivity index (χ1n) is 5.60. The topological polar surface area (TPSA) is 90.2 Å². The second-order valence-electron chi connectivity index (χ2n) is 4.21. The lowest BCUT2D eigenvalue weighted by Crippen LogP contribution is -2.30. The molecule has 2 N–H and O–H groups in total. The highest BCUT2D eigenvalue weighted by atomic mass is 35.5. The van der Waals surface area contributed by atoms with Gasteiger partial charge in [0.2, 0.25) is 5.91 Å². The molecule has 1 aromatic carbocycles. The maximum absolute atomic E-state index is 11.9. The first-order valence-corrected chi connectivity index (χ1v) is 5.98. The summed E-state index contributed by atoms with van der Waals surface area (Å²) in [6.07, 6.45) is 0. The lowest BCUT2D eigenvalue weighted by molar-refractivity contribution is -0.145. The monoisotopic (exact) mass is 280 g/mol. The number of hydrogen-bond acceptors (Lipinski definition) is 3. The van der Waals surface area contributed by atoms with Gasteiger partial charge in [-0.2, -0.15) is 5.26 Å². The van der Waals surface area contributed by atoms with Crippen LogP contribution in [0.5, 0.6) is 0 Å². The van der Waals surface area contributed by atoms with Crippen molar-refractivity contribution in [1.29, 1.82) is 5.26 Å². The van der Waals surface area contributed by atoms with Crippen molar-refractivity contribution >= 4 is 29.2 Å². The van der Waals surface area contributed by atoms with E-state index < -0.39 is 23.7 Å². The van der Waals surface area contributed by atoms with E-state index in [1.165, 1.54) is 32.0 Å². The average molecular weight is 281 g/mol. The van der Waals surface area contributed by atoms with Crippen LogP contribution in [0.3, 0.4) is 0 Å². The molecule has 100 valence electrons. The highest BCUT2D eigenvalue weighted by molar-refractivity contribution is 6.33. The fourth-order valence-electron chi connectivity index (χ4n) is 1.37. The van der Waals surface area contributed by atoms with Gasteiger partial charge in [-0.3, -0.25) is 9.59 Å². The van der Waals surface area contributed by atoms with Crippen LogP contribution in [0, 0.1) is 23.2 Å². The molecule has 2 unspecified atom stereocenters. The van der Waals surface area contributed by atoms with Crippen LogP contribution in [-0.2, 0) is 9.59 Å². The lowest BCUT2D eigenvalue weighted by Gasteiger charge is -2.16. The van der Waals surface area contributed by atoms with Gasteiger partial charge in [0.25, 0.3) is 0 Å². The maximum Gasteiger partial charge on any atom is 0.307 e. The summed E-state index contributed by atoms with van der Waals surface area (Å²) in [6.45, 7) is 3.00. The van der Waals surface area contributed by atoms with Crippen molar-refractivity contribution < 1.29 is 14.7 Å². The van der Waals surface area contributed by atoms with E-state index in [9.17, 15) is 9.59 Å². The Hall–Kier alpha value is -2.06. The van der Waals surface area contributed by atoms with Gasteiger partial charge in [0.1, 0.15) is 0 Å². The molecular formula is C13H13ClN2O3. The normalized spacial score (nSPS) is 13.2. The Labute approximate surface area is 115 Å². The quantitative estimate of drug-likeness (QED) is 0.886. The highest BCUT2D eigenvalue weighted by Gasteiger charge is 2.26. The molecule has 0 heterocycles. The van der Waals surface area contributed by atoms with E-state index in [2.05, 4.69) is 5.32 Å². The molecule has 0 aliphatic heterocycles. The number of carbonyl (C=O) groups excluding carboxylic acids is 1. The first kappa shape index (κ1) is 15.0. The molecule has 0 spiro atoms. The van der Waals surface area contributed by atoms with Gasteiger partial charge in [0, 0.05) is 5.92 Å². The molecule has 0 aliphatic carbocycles. The summed E-state index contributed by atoms with van der Waals surface area (Å²) in [5.74, 6) is -2.95. The number of carbonyl (C=O) groups is 2. The number of benzene rings is 1. The summed E-state index contributed by atoms with van der Waals surface area (Å²) >= 11 is 5.92. The molecular weight excluding hydrogens is 268 g/mol. The summed E-state index contributed by atoms with van der Waals surface area (Å²) in [7, 11) is 0. The van der Waals surface area contributed by atoms with E-state index in [1.807, 2.05) is 6.07 Å². The number of carboxylic acid groups (broad SMARTS) is 1. The van der Waals surface area contributed by atoms with Crippen LogP contribution in [0.4, 0.5) is 5.69 Å². The molecule has 19 heavy (non-hydrogen) atoms. The molecule has 0 radical (unpaired) electrons. The Morgan fingerprint density at radius 3 is 2.47 bits per heavy atom. The zero-order valence-electron chi connectivity index (χ0n) is 10.5. The summed E-state index contributed by atoms with van der Waals surface area (Å²) < 4.78 is 0. The number of halogens is 1. The van der Waals surface area contributed by atoms with Gasteiger partial charge in [-0.1, -0.05) is 25.4 Å². The average Bonchev–Trinajstić information content (AvgIpc) is 2.38. The predicted molar refractivity (Wildman–Crippen MR) is 70.8 cm³/mol. The van der Waals surface area contributed by atoms with Crippen molar-refractivity contribution in [3.8, 4) is 6.07 Å². The van der Waals surface area contributed by atoms with Crippen molar-refractivity contribution in [2.45, 2.75) is 13.8 Å². The Kier molecular flexibility index (Phi) is 4.90. The van der Waals surface area contributed by atoms with Crippen LogP contribution >= 0.6 is 11.6 Å². The summed E-state index contributed by atoms with van der Waals surface area (Å²) in [4.78, 5) is 22.7. The van der Waals surface area contributed by atoms with Gasteiger partial charge in [-0.25, -0.2) is 0 Å². The Bertz CT molecular complexity index is 551. The second-order valence-corrected chi connectivity index (χ2v) is 4.62. The smallest absolute Gasteiger partial charge is 0.307 e. The van der Waals surface area contributed by atoms with Gasteiger partial charge in [-0.05, 0) is 18.2 Å². The fraction of sp³-hybridized carbons (Fsp3) is 0.308. The first-order chi connectivity index (χ1) is 8.86. The summed E-state index contributed by atoms with van der Waals surface area (Å²) in [6, 6.07) is 6.39. The van der Waals surface area contributed by atoms with Crippen molar-refractivity contribution in [3.63, 3.8) is 0 Å². The molecule has 1 rings (SSSR count). The minimum absolute atomic E-state index is 0.238. The molecule has 0 fully saturated rings. The van der Waals surface area contributed by atoms with Crippen LogP contribution in [0.2, 0.25) is 5.02 Å². The molecule has 0 aliphatic rings. The molecule has 6 heteroatoms. The van der Waals surface area contributed by atoms with E-state index in [-0.39, 0.29) is 5.02 Å². The van der Waals surface area contributed by atoms with Crippen molar-refractivity contribution in [2.24, 2.45) is 11.8 Å². The minimum Gasteiger partial charge on any atom is -0.481 e. The Balaban J connectivity index is 2.83. The van der Waals surface area contributed by atoms with Crippen LogP contribution in [0.15, 0.2) is 18.2 Å². The van der Waals surface area contributed by atoms with E-state index in [4.69, 9.17) is 22.0 Å². The minimum atomic E-state index is -1.03. The number of anilines is 1. The third kappa shape index (κ3) is 3.70. The molecule has 1 amide bonds. The van der Waals surface area contributed by atoms with E-state index in [1.54, 1.807) is 0 Å². The van der Waals surface area contributed by atoms with E-state index >= 15 is 0 Å². The van der Waals surface area contributed by atoms with Gasteiger partial charge in [0.15, 0.2) is 0 Å². The molecule has 0 aromatic heterocycles. The number of hydrogen-bond donors (Lipinski definition) is 2. The molecule has 5 nitrogen and oxygen atoms in total. The van der Waals surface area contributed by atoms with Crippen molar-refractivity contribution in [2.75, 3.05) is 5.32 Å². The number of amides is 1. The number of carboxylic acids is 1. The lowest BCUT2D eigenvalue weighted by atomic mass is 9.95. The predicted octanol–water partition coefficient (Wildman–Crippen LogP) is 2.51. The zero-order chi connectivity index (χ0) is 14.6. The van der Waals surface area contributed by atoms with E-state index in [0.29, 0.717) is 11.3 Å². The molecule has 0 bridgehead atoms. The van der Waals surface area contributed by atoms with Crippen LogP contribution in [0.25, 0.3) is 0 Å². The number of nitrogens with one attached hydrogen (secondary N) is 1. The van der Waals surface area contributed by atoms with Crippen molar-refractivity contribution in [1.82, 2.24) is 0 Å². The van der Waals surface area contributed by atoms with Crippen LogP contribution < -0.4 is 5.32 Å². The summed E-state index contributed by atoms with van der Waals surface area (Å²) in [5, 5.41) is 20.3. The molecule has 0 saturated heterocycles. The third-order valence-electron chi connectivity index (χ3n) is 2.91. The number of nitrogens with zero attached hydrogens (tertiary/aromatic N) is 1. The van der Waals surface area contributed by atoms with Gasteiger partial charge in [0.05, 0.1) is 28.3 Å². The van der Waals surface area contributed by atoms with E-state index in [0.717, 1.165) is 0 Å². The van der Waals surface area contributed by atoms with Crippen LogP contribution in [0.1, 0.15) is 19.4 Å². The molecule has 2 atom stereocenters. The Morgan fingerprint density at radius 2 is 2.00 bits per heavy atom. The van der Waals surface area contributed by atoms with Crippen molar-refractivity contribution in [3.05, 3.63) is 28.8 Å². The highest BCUT2D eigenvalue weighted by Crippen LogP contribution is 2.24. The third-order valence-corrected chi connectivity index (χ3v) is 3.22. The van der Waals surface area contributed by atoms with Gasteiger partial charge < -0.3 is 10.4 Å². The summed E-state index contributed by atoms with van der Waals surface area (Å²) in [5.41, 5.74) is 0.741. The number of rotatable bonds is 4. The molecule has 0 saturated carbocycles. The van der Waals surface area contributed by atoms with Crippen LogP contribution in [-0.4, -0.2) is 17.0 Å². The largest absolute Gasteiger partial charge is 0.481 e. The Morgan fingerprint density at radius 1 is 1.37 bits per heavy atom.